The van der Waals surface area contributed by atoms with Crippen LogP contribution in [0.25, 0.3) is 11.3 Å². The Morgan fingerprint density at radius 2 is 1.77 bits per heavy atom. The van der Waals surface area contributed by atoms with Crippen LogP contribution in [0.2, 0.25) is 0 Å². The van der Waals surface area contributed by atoms with Crippen molar-refractivity contribution in [2.75, 3.05) is 0 Å². The van der Waals surface area contributed by atoms with E-state index in [1.165, 1.54) is 5.57 Å². The van der Waals surface area contributed by atoms with Gasteiger partial charge in [0.05, 0.1) is 24.0 Å². The molecule has 4 aliphatic rings. The molecule has 1 aromatic heterocycles. The second-order valence-electron chi connectivity index (χ2n) is 17.7. The average molecular weight is 662 g/mol. The number of allylic oxidation sites excluding steroid dienone is 1. The molecule has 48 heavy (non-hydrogen) atoms. The van der Waals surface area contributed by atoms with Gasteiger partial charge in [-0.1, -0.05) is 88.7 Å². The van der Waals surface area contributed by atoms with Gasteiger partial charge in [-0.3, -0.25) is 4.79 Å². The lowest BCUT2D eigenvalue weighted by atomic mass is 9.38. The summed E-state index contributed by atoms with van der Waals surface area (Å²) in [6.45, 7) is 17.4. The zero-order valence-corrected chi connectivity index (χ0v) is 30.4. The second kappa shape index (κ2) is 12.3. The van der Waals surface area contributed by atoms with Crippen molar-refractivity contribution < 1.29 is 24.9 Å². The van der Waals surface area contributed by atoms with E-state index in [1.807, 2.05) is 36.5 Å². The predicted molar refractivity (Wildman–Crippen MR) is 186 cm³/mol. The molecule has 4 aliphatic carbocycles. The van der Waals surface area contributed by atoms with Crippen molar-refractivity contribution in [1.82, 2.24) is 15.0 Å². The molecule has 0 amide bonds. The fourth-order valence-electron chi connectivity index (χ4n) is 11.2. The Kier molecular flexibility index (Phi) is 9.07. The Hall–Kier alpha value is -2.55. The van der Waals surface area contributed by atoms with Gasteiger partial charge >= 0.3 is 5.97 Å². The highest BCUT2D eigenvalue weighted by Gasteiger charge is 2.71. The van der Waals surface area contributed by atoms with Crippen LogP contribution in [0.4, 0.5) is 0 Å². The number of nitrogens with zero attached hydrogens (tertiary/aromatic N) is 3. The Morgan fingerprint density at radius 3 is 2.46 bits per heavy atom. The summed E-state index contributed by atoms with van der Waals surface area (Å²) in [7, 11) is 0. The minimum Gasteiger partial charge on any atom is -0.460 e. The topological polar surface area (TPSA) is 118 Å². The molecule has 1 aromatic carbocycles. The van der Waals surface area contributed by atoms with Gasteiger partial charge in [0.25, 0.3) is 0 Å². The van der Waals surface area contributed by atoms with Crippen molar-refractivity contribution in [2.45, 2.75) is 137 Å². The molecule has 1 heterocycles. The number of rotatable bonds is 9. The van der Waals surface area contributed by atoms with Gasteiger partial charge in [-0.25, -0.2) is 4.68 Å². The Balaban J connectivity index is 1.32. The summed E-state index contributed by atoms with van der Waals surface area (Å²) in [6, 6.07) is 9.84. The van der Waals surface area contributed by atoms with Crippen LogP contribution in [0.5, 0.6) is 0 Å². The van der Waals surface area contributed by atoms with Gasteiger partial charge in [-0.2, -0.15) is 0 Å². The normalized spacial score (nSPS) is 37.1. The van der Waals surface area contributed by atoms with Crippen LogP contribution in [0, 0.1) is 45.3 Å². The quantitative estimate of drug-likeness (QED) is 0.196. The number of ether oxygens (including phenoxy) is 1. The van der Waals surface area contributed by atoms with Crippen molar-refractivity contribution in [2.24, 2.45) is 45.3 Å². The fraction of sp³-hybridized carbons (Fsp3) is 0.725. The summed E-state index contributed by atoms with van der Waals surface area (Å²) in [5.41, 5.74) is 1.24. The number of aromatic nitrogens is 3. The van der Waals surface area contributed by atoms with Gasteiger partial charge in [-0.05, 0) is 99.7 Å². The van der Waals surface area contributed by atoms with Gasteiger partial charge in [0.2, 0.25) is 0 Å². The van der Waals surface area contributed by atoms with Crippen molar-refractivity contribution in [3.8, 4) is 11.3 Å². The number of aliphatic hydroxyl groups excluding tert-OH is 2. The lowest BCUT2D eigenvalue weighted by Crippen LogP contribution is -2.65. The number of benzene rings is 1. The van der Waals surface area contributed by atoms with E-state index in [0.717, 1.165) is 56.2 Å². The van der Waals surface area contributed by atoms with Crippen LogP contribution in [0.1, 0.15) is 107 Å². The summed E-state index contributed by atoms with van der Waals surface area (Å²) in [4.78, 5) is 13.9. The van der Waals surface area contributed by atoms with Gasteiger partial charge in [0, 0.05) is 16.4 Å². The molecule has 8 nitrogen and oxygen atoms in total. The van der Waals surface area contributed by atoms with E-state index in [4.69, 9.17) is 4.74 Å². The van der Waals surface area contributed by atoms with E-state index in [9.17, 15) is 20.1 Å². The number of hydrogen-bond acceptors (Lipinski definition) is 7. The molecule has 2 aromatic rings. The van der Waals surface area contributed by atoms with Crippen LogP contribution < -0.4 is 0 Å². The van der Waals surface area contributed by atoms with Gasteiger partial charge in [0.15, 0.2) is 0 Å². The molecule has 3 saturated carbocycles. The molecule has 8 heteroatoms. The van der Waals surface area contributed by atoms with E-state index in [2.05, 4.69) is 57.9 Å². The molecule has 0 radical (unpaired) electrons. The molecule has 3 fully saturated rings. The highest BCUT2D eigenvalue weighted by atomic mass is 16.5. The zero-order chi connectivity index (χ0) is 34.9. The summed E-state index contributed by atoms with van der Waals surface area (Å²) in [5, 5.41) is 40.8. The van der Waals surface area contributed by atoms with E-state index < -0.39 is 11.7 Å². The number of carbonyl (C=O) groups is 1. The standard InChI is InChI=1S/C40H59N3O5/c1-25(14-18-33(45)37(4,5)47)27-20-21-38(6)31-17-15-28-29(16-19-32(44)36(28,2)3)40(31,8)34(22-39(27,38)7)48-35(46)24-43-23-30(41-42-43)26-12-10-9-11-13-26/h9-13,15,23,25,27,29,31-34,44-45,47H,14,16-22,24H2,1-8H3/t25-,27-,29-,31+,32+,33-,34-,38+,39-,40+/m1/s1. The maximum atomic E-state index is 13.9. The summed E-state index contributed by atoms with van der Waals surface area (Å²) in [6.07, 6.45) is 9.77. The number of carbonyl (C=O) groups excluding carboxylic acids is 1. The first-order chi connectivity index (χ1) is 22.4. The van der Waals surface area contributed by atoms with Crippen molar-refractivity contribution >= 4 is 5.97 Å². The first kappa shape index (κ1) is 35.3. The number of aliphatic hydroxyl groups is 3. The molecular formula is C40H59N3O5. The highest BCUT2D eigenvalue weighted by Crippen LogP contribution is 2.75. The summed E-state index contributed by atoms with van der Waals surface area (Å²) in [5.74, 6) is 0.999. The van der Waals surface area contributed by atoms with Crippen LogP contribution in [-0.2, 0) is 16.1 Å². The van der Waals surface area contributed by atoms with Crippen molar-refractivity contribution in [1.29, 1.82) is 0 Å². The summed E-state index contributed by atoms with van der Waals surface area (Å²) < 4.78 is 8.31. The molecule has 0 unspecified atom stereocenters. The Bertz CT molecular complexity index is 1510. The molecular weight excluding hydrogens is 602 g/mol. The van der Waals surface area contributed by atoms with Gasteiger partial charge in [0.1, 0.15) is 18.3 Å². The number of fused-ring (bicyclic) bond motifs is 5. The molecule has 3 N–H and O–H groups in total. The van der Waals surface area contributed by atoms with E-state index in [1.54, 1.807) is 18.5 Å². The third kappa shape index (κ3) is 5.68. The van der Waals surface area contributed by atoms with Crippen molar-refractivity contribution in [3.05, 3.63) is 48.2 Å². The molecule has 0 bridgehead atoms. The maximum Gasteiger partial charge on any atom is 0.328 e. The molecule has 10 atom stereocenters. The van der Waals surface area contributed by atoms with Crippen LogP contribution >= 0.6 is 0 Å². The van der Waals surface area contributed by atoms with Crippen LogP contribution in [-0.4, -0.2) is 60.2 Å². The SMILES string of the molecule is C[C@H](CC[C@@H](O)C(C)(C)O)[C@H]1CC[C@@]2(C)[C@@H]3CC=C4[C@@H](CC[C@H](O)C4(C)C)[C@]3(C)[C@H](OC(=O)Cn3cc(-c4ccccc4)nn3)C[C@]12C. The average Bonchev–Trinajstić information content (AvgIpc) is 3.59. The van der Waals surface area contributed by atoms with Crippen LogP contribution in [0.15, 0.2) is 48.2 Å². The largest absolute Gasteiger partial charge is 0.460 e. The van der Waals surface area contributed by atoms with E-state index in [-0.39, 0.29) is 52.3 Å². The zero-order valence-electron chi connectivity index (χ0n) is 30.4. The Morgan fingerprint density at radius 1 is 1.06 bits per heavy atom. The summed E-state index contributed by atoms with van der Waals surface area (Å²) >= 11 is 0. The maximum absolute atomic E-state index is 13.9. The van der Waals surface area contributed by atoms with E-state index in [0.29, 0.717) is 24.2 Å². The molecule has 0 aliphatic heterocycles. The van der Waals surface area contributed by atoms with Crippen molar-refractivity contribution in [3.63, 3.8) is 0 Å². The van der Waals surface area contributed by atoms with Gasteiger partial charge < -0.3 is 20.1 Å². The van der Waals surface area contributed by atoms with E-state index >= 15 is 0 Å². The lowest BCUT2D eigenvalue weighted by Gasteiger charge is -2.67. The molecule has 6 rings (SSSR count). The number of esters is 1. The number of hydrogen-bond donors (Lipinski definition) is 3. The molecule has 0 saturated heterocycles. The smallest absolute Gasteiger partial charge is 0.328 e. The minimum atomic E-state index is -1.13. The molecule has 264 valence electrons. The first-order valence-corrected chi connectivity index (χ1v) is 18.4. The Labute approximate surface area is 287 Å². The fourth-order valence-corrected chi connectivity index (χ4v) is 11.2. The third-order valence-corrected chi connectivity index (χ3v) is 14.5. The monoisotopic (exact) mass is 661 g/mol. The first-order valence-electron chi connectivity index (χ1n) is 18.4. The highest BCUT2D eigenvalue weighted by molar-refractivity contribution is 5.69. The van der Waals surface area contributed by atoms with Gasteiger partial charge in [-0.15, -0.1) is 5.10 Å². The lowest BCUT2D eigenvalue weighted by molar-refractivity contribution is -0.220. The second-order valence-corrected chi connectivity index (χ2v) is 17.7. The predicted octanol–water partition coefficient (Wildman–Crippen LogP) is 6.98. The molecule has 0 spiro atoms. The van der Waals surface area contributed by atoms with Crippen LogP contribution in [0.3, 0.4) is 0 Å². The third-order valence-electron chi connectivity index (χ3n) is 14.5. The minimum absolute atomic E-state index is 0.00268.